The Morgan fingerprint density at radius 2 is 1.85 bits per heavy atom. The zero-order valence-corrected chi connectivity index (χ0v) is 15.6. The first-order chi connectivity index (χ1) is 13.1. The molecule has 0 aromatic heterocycles. The molecule has 1 aliphatic heterocycles. The van der Waals surface area contributed by atoms with Crippen molar-refractivity contribution in [2.45, 2.75) is 69.4 Å². The number of rotatable bonds is 3. The van der Waals surface area contributed by atoms with Gasteiger partial charge in [0.15, 0.2) is 0 Å². The van der Waals surface area contributed by atoms with E-state index in [1.807, 2.05) is 18.2 Å². The van der Waals surface area contributed by atoms with Gasteiger partial charge in [-0.2, -0.15) is 0 Å². The molecule has 1 aromatic rings. The second-order valence-corrected chi connectivity index (χ2v) is 8.03. The zero-order valence-electron chi connectivity index (χ0n) is 15.6. The number of hydrogen-bond acceptors (Lipinski definition) is 3. The molecule has 1 heterocycles. The summed E-state index contributed by atoms with van der Waals surface area (Å²) < 4.78 is 0. The van der Waals surface area contributed by atoms with Gasteiger partial charge in [-0.15, -0.1) is 0 Å². The number of benzene rings is 1. The van der Waals surface area contributed by atoms with Crippen molar-refractivity contribution in [2.24, 2.45) is 0 Å². The van der Waals surface area contributed by atoms with Crippen molar-refractivity contribution < 1.29 is 14.4 Å². The summed E-state index contributed by atoms with van der Waals surface area (Å²) in [5, 5.41) is 5.93. The van der Waals surface area contributed by atoms with Crippen LogP contribution in [0.15, 0.2) is 24.3 Å². The maximum atomic E-state index is 12.9. The number of hydrogen-bond donors (Lipinski definition) is 2. The van der Waals surface area contributed by atoms with E-state index >= 15 is 0 Å². The highest BCUT2D eigenvalue weighted by Crippen LogP contribution is 2.33. The van der Waals surface area contributed by atoms with Crippen LogP contribution in [0.4, 0.5) is 4.79 Å². The van der Waals surface area contributed by atoms with E-state index in [4.69, 9.17) is 0 Å². The lowest BCUT2D eigenvalue weighted by Crippen LogP contribution is -2.47. The number of urea groups is 1. The van der Waals surface area contributed by atoms with Crippen molar-refractivity contribution in [3.63, 3.8) is 0 Å². The Kier molecular flexibility index (Phi) is 4.89. The highest BCUT2D eigenvalue weighted by atomic mass is 16.2. The summed E-state index contributed by atoms with van der Waals surface area (Å²) in [7, 11) is 0. The third kappa shape index (κ3) is 3.45. The first kappa shape index (κ1) is 18.0. The van der Waals surface area contributed by atoms with Crippen LogP contribution in [0.3, 0.4) is 0 Å². The molecule has 2 fully saturated rings. The van der Waals surface area contributed by atoms with Crippen LogP contribution in [-0.2, 0) is 16.0 Å². The van der Waals surface area contributed by atoms with E-state index in [0.29, 0.717) is 12.8 Å². The number of imide groups is 1. The summed E-state index contributed by atoms with van der Waals surface area (Å²) >= 11 is 0. The van der Waals surface area contributed by atoms with Gasteiger partial charge >= 0.3 is 6.03 Å². The second-order valence-electron chi connectivity index (χ2n) is 8.03. The van der Waals surface area contributed by atoms with E-state index in [9.17, 15) is 14.4 Å². The number of carbonyl (C=O) groups excluding carboxylic acids is 3. The van der Waals surface area contributed by atoms with E-state index in [1.165, 1.54) is 5.56 Å². The van der Waals surface area contributed by atoms with Gasteiger partial charge in [0, 0.05) is 0 Å². The fourth-order valence-corrected chi connectivity index (χ4v) is 4.78. The molecule has 144 valence electrons. The van der Waals surface area contributed by atoms with Gasteiger partial charge in [-0.1, -0.05) is 49.9 Å². The lowest BCUT2D eigenvalue weighted by molar-refractivity contribution is -0.135. The minimum absolute atomic E-state index is 0.0462. The normalized spacial score (nSPS) is 24.3. The Morgan fingerprint density at radius 3 is 2.63 bits per heavy atom. The number of carbonyl (C=O) groups is 3. The molecule has 6 heteroatoms. The summed E-state index contributed by atoms with van der Waals surface area (Å²) in [4.78, 5) is 39.1. The first-order valence-electron chi connectivity index (χ1n) is 10.1. The minimum atomic E-state index is -0.786. The van der Waals surface area contributed by atoms with Gasteiger partial charge in [0.1, 0.15) is 12.1 Å². The Balaban J connectivity index is 1.43. The van der Waals surface area contributed by atoms with Crippen LogP contribution >= 0.6 is 0 Å². The Morgan fingerprint density at radius 1 is 1.11 bits per heavy atom. The maximum absolute atomic E-state index is 12.9. The van der Waals surface area contributed by atoms with Crippen LogP contribution in [0.25, 0.3) is 0 Å². The number of amides is 4. The molecule has 0 unspecified atom stereocenters. The largest absolute Gasteiger partial charge is 0.348 e. The van der Waals surface area contributed by atoms with Crippen molar-refractivity contribution >= 4 is 17.8 Å². The summed E-state index contributed by atoms with van der Waals surface area (Å²) in [6.07, 6.45) is 8.32. The minimum Gasteiger partial charge on any atom is -0.348 e. The van der Waals surface area contributed by atoms with Gasteiger partial charge in [-0.25, -0.2) is 4.79 Å². The van der Waals surface area contributed by atoms with Crippen LogP contribution in [0.1, 0.15) is 68.5 Å². The molecular formula is C21H27N3O3. The van der Waals surface area contributed by atoms with Gasteiger partial charge in [0.2, 0.25) is 5.91 Å². The smallest absolute Gasteiger partial charge is 0.325 e. The molecule has 6 nitrogen and oxygen atoms in total. The van der Waals surface area contributed by atoms with Crippen LogP contribution in [0.5, 0.6) is 0 Å². The molecule has 27 heavy (non-hydrogen) atoms. The molecule has 0 bridgehead atoms. The molecular weight excluding hydrogens is 342 g/mol. The molecule has 1 saturated carbocycles. The molecule has 0 radical (unpaired) electrons. The number of nitrogens with one attached hydrogen (secondary N) is 2. The monoisotopic (exact) mass is 369 g/mol. The molecule has 2 aliphatic carbocycles. The average Bonchev–Trinajstić information content (AvgIpc) is 2.84. The van der Waals surface area contributed by atoms with Crippen LogP contribution in [-0.4, -0.2) is 34.8 Å². The van der Waals surface area contributed by atoms with Crippen LogP contribution in [0.2, 0.25) is 0 Å². The van der Waals surface area contributed by atoms with Crippen molar-refractivity contribution in [1.82, 2.24) is 15.5 Å². The number of nitrogens with zero attached hydrogens (tertiary/aromatic N) is 1. The van der Waals surface area contributed by atoms with Gasteiger partial charge in [0.05, 0.1) is 6.04 Å². The van der Waals surface area contributed by atoms with Crippen LogP contribution in [0, 0.1) is 0 Å². The predicted molar refractivity (Wildman–Crippen MR) is 101 cm³/mol. The molecule has 4 rings (SSSR count). The summed E-state index contributed by atoms with van der Waals surface area (Å²) in [6, 6.07) is 7.67. The molecule has 4 amide bonds. The van der Waals surface area contributed by atoms with Gasteiger partial charge in [-0.05, 0) is 43.2 Å². The fourth-order valence-electron chi connectivity index (χ4n) is 4.78. The van der Waals surface area contributed by atoms with Crippen molar-refractivity contribution in [1.29, 1.82) is 0 Å². The summed E-state index contributed by atoms with van der Waals surface area (Å²) in [5.41, 5.74) is 1.63. The van der Waals surface area contributed by atoms with Crippen molar-refractivity contribution in [3.05, 3.63) is 35.4 Å². The van der Waals surface area contributed by atoms with E-state index in [1.54, 1.807) is 0 Å². The lowest BCUT2D eigenvalue weighted by atomic mass is 9.88. The Hall–Kier alpha value is -2.37. The van der Waals surface area contributed by atoms with Gasteiger partial charge in [-0.3, -0.25) is 14.5 Å². The first-order valence-corrected chi connectivity index (χ1v) is 10.1. The van der Waals surface area contributed by atoms with Gasteiger partial charge in [0.25, 0.3) is 5.91 Å². The quantitative estimate of drug-likeness (QED) is 0.804. The molecule has 2 N–H and O–H groups in total. The third-order valence-corrected chi connectivity index (χ3v) is 6.21. The van der Waals surface area contributed by atoms with E-state index in [2.05, 4.69) is 16.7 Å². The fraction of sp³-hybridized carbons (Fsp3) is 0.571. The Bertz CT molecular complexity index is 753. The van der Waals surface area contributed by atoms with Gasteiger partial charge < -0.3 is 10.6 Å². The van der Waals surface area contributed by atoms with E-state index < -0.39 is 11.6 Å². The zero-order chi connectivity index (χ0) is 18.9. The number of fused-ring (bicyclic) bond motifs is 1. The SMILES string of the molecule is O=C(CN1C(=O)NC2(CCCCCC2)C1=O)N[C@H]1CCCc2ccccc21. The molecule has 1 spiro atoms. The Labute approximate surface area is 159 Å². The lowest BCUT2D eigenvalue weighted by Gasteiger charge is -2.27. The standard InChI is InChI=1S/C21H27N3O3/c25-18(22-17-11-7-9-15-8-3-4-10-16(15)17)14-24-19(26)21(23-20(24)27)12-5-1-2-6-13-21/h3-4,8,10,17H,1-2,5-7,9,11-14H2,(H,22,25)(H,23,27)/t17-/m0/s1. The molecule has 1 atom stereocenters. The van der Waals surface area contributed by atoms with Crippen molar-refractivity contribution in [2.75, 3.05) is 6.54 Å². The third-order valence-electron chi connectivity index (χ3n) is 6.21. The highest BCUT2D eigenvalue weighted by molar-refractivity contribution is 6.09. The predicted octanol–water partition coefficient (Wildman–Crippen LogP) is 2.83. The summed E-state index contributed by atoms with van der Waals surface area (Å²) in [5.74, 6) is -0.500. The number of aryl methyl sites for hydroxylation is 1. The topological polar surface area (TPSA) is 78.5 Å². The maximum Gasteiger partial charge on any atom is 0.325 e. The van der Waals surface area contributed by atoms with Crippen LogP contribution < -0.4 is 10.6 Å². The highest BCUT2D eigenvalue weighted by Gasteiger charge is 2.51. The van der Waals surface area contributed by atoms with Crippen molar-refractivity contribution in [3.8, 4) is 0 Å². The second kappa shape index (κ2) is 7.33. The van der Waals surface area contributed by atoms with E-state index in [-0.39, 0.29) is 24.4 Å². The molecule has 1 saturated heterocycles. The molecule has 1 aromatic carbocycles. The molecule has 3 aliphatic rings. The van der Waals surface area contributed by atoms with E-state index in [0.717, 1.165) is 55.4 Å². The summed E-state index contributed by atoms with van der Waals surface area (Å²) in [6.45, 7) is -0.203. The average molecular weight is 369 g/mol.